The maximum Gasteiger partial charge on any atom is 0.328 e. The molecule has 0 aliphatic heterocycles. The van der Waals surface area contributed by atoms with Crippen LogP contribution in [0.2, 0.25) is 0 Å². The summed E-state index contributed by atoms with van der Waals surface area (Å²) in [6.07, 6.45) is 0.762. The molecule has 1 aromatic heterocycles. The summed E-state index contributed by atoms with van der Waals surface area (Å²) < 4.78 is 34.5. The predicted molar refractivity (Wildman–Crippen MR) is 51.1 cm³/mol. The largest absolute Gasteiger partial charge is 0.437 e. The number of rotatable bonds is 4. The number of carbonyl (C=O) groups is 1. The van der Waals surface area contributed by atoms with Gasteiger partial charge in [-0.15, -0.1) is 0 Å². The van der Waals surface area contributed by atoms with Gasteiger partial charge in [0, 0.05) is 6.54 Å². The Morgan fingerprint density at radius 2 is 2.20 bits per heavy atom. The fourth-order valence-electron chi connectivity index (χ4n) is 0.906. The van der Waals surface area contributed by atoms with Crippen LogP contribution in [0.25, 0.3) is 0 Å². The molecular formula is C8H11NO5S. The Balaban J connectivity index is 2.81. The molecule has 1 heterocycles. The summed E-state index contributed by atoms with van der Waals surface area (Å²) in [5, 5.41) is 1.87. The maximum atomic E-state index is 11.3. The van der Waals surface area contributed by atoms with Crippen LogP contribution in [-0.4, -0.2) is 25.4 Å². The van der Waals surface area contributed by atoms with E-state index >= 15 is 0 Å². The molecule has 0 unspecified atom stereocenters. The van der Waals surface area contributed by atoms with Gasteiger partial charge < -0.3 is 9.73 Å². The van der Waals surface area contributed by atoms with E-state index in [-0.39, 0.29) is 5.76 Å². The van der Waals surface area contributed by atoms with Crippen molar-refractivity contribution in [2.75, 3.05) is 6.54 Å². The summed E-state index contributed by atoms with van der Waals surface area (Å²) >= 11 is 0. The maximum absolute atomic E-state index is 11.3. The number of furan rings is 1. The van der Waals surface area contributed by atoms with Gasteiger partial charge >= 0.3 is 10.1 Å². The van der Waals surface area contributed by atoms with Crippen LogP contribution in [0.1, 0.15) is 23.9 Å². The van der Waals surface area contributed by atoms with E-state index in [0.29, 0.717) is 6.54 Å². The van der Waals surface area contributed by atoms with E-state index in [1.165, 1.54) is 6.07 Å². The molecule has 0 spiro atoms. The van der Waals surface area contributed by atoms with E-state index in [4.69, 9.17) is 4.55 Å². The van der Waals surface area contributed by atoms with Gasteiger partial charge in [-0.05, 0) is 18.6 Å². The second kappa shape index (κ2) is 4.45. The van der Waals surface area contributed by atoms with Crippen LogP contribution in [0.15, 0.2) is 21.6 Å². The number of carbonyl (C=O) groups excluding carboxylic acids is 1. The molecule has 0 atom stereocenters. The number of hydrogen-bond donors (Lipinski definition) is 2. The third-order valence-corrected chi connectivity index (χ3v) is 2.32. The third kappa shape index (κ3) is 3.07. The molecule has 0 fully saturated rings. The molecule has 1 aromatic rings. The van der Waals surface area contributed by atoms with Gasteiger partial charge in [0.25, 0.3) is 5.91 Å². The first-order valence-corrected chi connectivity index (χ1v) is 5.74. The van der Waals surface area contributed by atoms with Crippen molar-refractivity contribution in [2.24, 2.45) is 0 Å². The SMILES string of the molecule is CCCNC(=O)c1ccc(S(=O)(=O)O)o1. The van der Waals surface area contributed by atoms with Crippen molar-refractivity contribution in [3.05, 3.63) is 17.9 Å². The molecule has 0 radical (unpaired) electrons. The Labute approximate surface area is 87.0 Å². The lowest BCUT2D eigenvalue weighted by atomic mass is 10.4. The summed E-state index contributed by atoms with van der Waals surface area (Å²) in [7, 11) is -4.38. The molecule has 1 amide bonds. The third-order valence-electron chi connectivity index (χ3n) is 1.59. The van der Waals surface area contributed by atoms with Gasteiger partial charge in [-0.1, -0.05) is 6.92 Å². The second-order valence-corrected chi connectivity index (χ2v) is 4.20. The molecule has 0 bridgehead atoms. The Morgan fingerprint density at radius 3 is 2.67 bits per heavy atom. The zero-order chi connectivity index (χ0) is 11.5. The van der Waals surface area contributed by atoms with Crippen LogP contribution in [-0.2, 0) is 10.1 Å². The molecule has 2 N–H and O–H groups in total. The van der Waals surface area contributed by atoms with Crippen LogP contribution in [0, 0.1) is 0 Å². The van der Waals surface area contributed by atoms with Crippen LogP contribution >= 0.6 is 0 Å². The summed E-state index contributed by atoms with van der Waals surface area (Å²) in [5.74, 6) is -0.650. The first-order valence-electron chi connectivity index (χ1n) is 4.30. The lowest BCUT2D eigenvalue weighted by molar-refractivity contribution is 0.0920. The highest BCUT2D eigenvalue weighted by molar-refractivity contribution is 7.85. The Morgan fingerprint density at radius 1 is 1.53 bits per heavy atom. The highest BCUT2D eigenvalue weighted by Gasteiger charge is 2.17. The molecule has 6 nitrogen and oxygen atoms in total. The molecule has 15 heavy (non-hydrogen) atoms. The van der Waals surface area contributed by atoms with E-state index in [1.807, 2.05) is 6.92 Å². The monoisotopic (exact) mass is 233 g/mol. The van der Waals surface area contributed by atoms with Crippen molar-refractivity contribution in [2.45, 2.75) is 18.4 Å². The Bertz CT molecular complexity index is 447. The van der Waals surface area contributed by atoms with Gasteiger partial charge in [0.15, 0.2) is 5.76 Å². The van der Waals surface area contributed by atoms with Gasteiger partial charge in [-0.3, -0.25) is 9.35 Å². The zero-order valence-electron chi connectivity index (χ0n) is 8.06. The fourth-order valence-corrected chi connectivity index (χ4v) is 1.34. The van der Waals surface area contributed by atoms with Crippen molar-refractivity contribution in [1.29, 1.82) is 0 Å². The Hall–Kier alpha value is -1.34. The Kier molecular flexibility index (Phi) is 3.48. The smallest absolute Gasteiger partial charge is 0.328 e. The van der Waals surface area contributed by atoms with Crippen molar-refractivity contribution >= 4 is 16.0 Å². The molecule has 0 aliphatic rings. The van der Waals surface area contributed by atoms with E-state index in [1.54, 1.807) is 0 Å². The summed E-state index contributed by atoms with van der Waals surface area (Å²) in [6.45, 7) is 2.35. The average molecular weight is 233 g/mol. The van der Waals surface area contributed by atoms with E-state index in [9.17, 15) is 13.2 Å². The predicted octanol–water partition coefficient (Wildman–Crippen LogP) is 0.666. The number of amides is 1. The summed E-state index contributed by atoms with van der Waals surface area (Å²) in [5.41, 5.74) is 0. The second-order valence-electron chi connectivity index (χ2n) is 2.85. The van der Waals surface area contributed by atoms with Crippen molar-refractivity contribution in [3.8, 4) is 0 Å². The van der Waals surface area contributed by atoms with Crippen LogP contribution in [0.5, 0.6) is 0 Å². The van der Waals surface area contributed by atoms with Crippen molar-refractivity contribution < 1.29 is 22.2 Å². The van der Waals surface area contributed by atoms with Gasteiger partial charge in [0.1, 0.15) is 0 Å². The minimum Gasteiger partial charge on any atom is -0.437 e. The average Bonchev–Trinajstić information content (AvgIpc) is 2.62. The van der Waals surface area contributed by atoms with Crippen molar-refractivity contribution in [1.82, 2.24) is 5.32 Å². The summed E-state index contributed by atoms with van der Waals surface area (Å²) in [6, 6.07) is 2.21. The van der Waals surface area contributed by atoms with E-state index in [2.05, 4.69) is 9.73 Å². The number of hydrogen-bond acceptors (Lipinski definition) is 4. The van der Waals surface area contributed by atoms with Crippen molar-refractivity contribution in [3.63, 3.8) is 0 Å². The fraction of sp³-hybridized carbons (Fsp3) is 0.375. The van der Waals surface area contributed by atoms with Gasteiger partial charge in [0.05, 0.1) is 0 Å². The highest BCUT2D eigenvalue weighted by atomic mass is 32.2. The van der Waals surface area contributed by atoms with Crippen LogP contribution < -0.4 is 5.32 Å². The van der Waals surface area contributed by atoms with Gasteiger partial charge in [-0.25, -0.2) is 0 Å². The molecular weight excluding hydrogens is 222 g/mol. The van der Waals surface area contributed by atoms with Crippen LogP contribution in [0.4, 0.5) is 0 Å². The molecule has 84 valence electrons. The lowest BCUT2D eigenvalue weighted by Crippen LogP contribution is -2.23. The quantitative estimate of drug-likeness (QED) is 0.745. The zero-order valence-corrected chi connectivity index (χ0v) is 8.87. The van der Waals surface area contributed by atoms with Gasteiger partial charge in [-0.2, -0.15) is 8.42 Å². The number of nitrogens with one attached hydrogen (secondary N) is 1. The minimum absolute atomic E-state index is 0.143. The first-order chi connectivity index (χ1) is 6.95. The first kappa shape index (κ1) is 11.7. The van der Waals surface area contributed by atoms with Crippen LogP contribution in [0.3, 0.4) is 0 Å². The minimum atomic E-state index is -4.38. The molecule has 0 saturated heterocycles. The van der Waals surface area contributed by atoms with Gasteiger partial charge in [0.2, 0.25) is 5.09 Å². The molecule has 1 rings (SSSR count). The van der Waals surface area contributed by atoms with E-state index in [0.717, 1.165) is 12.5 Å². The topological polar surface area (TPSA) is 96.6 Å². The standard InChI is InChI=1S/C8H11NO5S/c1-2-5-9-8(10)6-3-4-7(14-6)15(11,12)13/h3-4H,2,5H2,1H3,(H,9,10)(H,11,12,13). The highest BCUT2D eigenvalue weighted by Crippen LogP contribution is 2.13. The molecule has 0 aliphatic carbocycles. The molecule has 0 saturated carbocycles. The molecule has 7 heteroatoms. The normalized spacial score (nSPS) is 11.3. The van der Waals surface area contributed by atoms with E-state index < -0.39 is 21.1 Å². The lowest BCUT2D eigenvalue weighted by Gasteiger charge is -1.98. The summed E-state index contributed by atoms with van der Waals surface area (Å²) in [4.78, 5) is 11.3. The molecule has 0 aromatic carbocycles.